The Balaban J connectivity index is 2.18. The molecule has 98 valence electrons. The number of thioether (sulfide) groups is 1. The van der Waals surface area contributed by atoms with E-state index in [0.29, 0.717) is 11.3 Å². The monoisotopic (exact) mass is 336 g/mol. The first kappa shape index (κ1) is 14.0. The Labute approximate surface area is 124 Å². The van der Waals surface area contributed by atoms with Gasteiger partial charge in [0, 0.05) is 20.7 Å². The van der Waals surface area contributed by atoms with Crippen LogP contribution in [-0.4, -0.2) is 12.2 Å². The zero-order valence-corrected chi connectivity index (χ0v) is 12.7. The largest absolute Gasteiger partial charge is 0.399 e. The second kappa shape index (κ2) is 6.12. The summed E-state index contributed by atoms with van der Waals surface area (Å²) in [5.74, 6) is -0.184. The maximum Gasteiger partial charge on any atom is 0.256 e. The van der Waals surface area contributed by atoms with Gasteiger partial charge in [0.1, 0.15) is 0 Å². The maximum atomic E-state index is 12.1. The zero-order chi connectivity index (χ0) is 13.8. The third-order valence-corrected chi connectivity index (χ3v) is 4.02. The van der Waals surface area contributed by atoms with Gasteiger partial charge in [0.15, 0.2) is 0 Å². The number of rotatable bonds is 3. The quantitative estimate of drug-likeness (QED) is 0.657. The molecule has 0 bridgehead atoms. The minimum atomic E-state index is -0.184. The van der Waals surface area contributed by atoms with E-state index < -0.39 is 0 Å². The van der Waals surface area contributed by atoms with Crippen molar-refractivity contribution in [2.24, 2.45) is 0 Å². The van der Waals surface area contributed by atoms with Gasteiger partial charge in [-0.15, -0.1) is 11.8 Å². The van der Waals surface area contributed by atoms with Crippen molar-refractivity contribution in [3.05, 3.63) is 52.5 Å². The van der Waals surface area contributed by atoms with Crippen LogP contribution in [-0.2, 0) is 0 Å². The first-order chi connectivity index (χ1) is 9.10. The lowest BCUT2D eigenvalue weighted by molar-refractivity contribution is 0.102. The molecule has 2 rings (SSSR count). The first-order valence-electron chi connectivity index (χ1n) is 5.60. The molecule has 0 radical (unpaired) electrons. The maximum absolute atomic E-state index is 12.1. The molecule has 0 aliphatic rings. The molecule has 2 aromatic carbocycles. The average Bonchev–Trinajstić information content (AvgIpc) is 2.42. The van der Waals surface area contributed by atoms with Gasteiger partial charge in [-0.05, 0) is 64.7 Å². The molecule has 3 nitrogen and oxygen atoms in total. The fourth-order valence-electron chi connectivity index (χ4n) is 1.59. The fourth-order valence-corrected chi connectivity index (χ4v) is 2.42. The van der Waals surface area contributed by atoms with Crippen LogP contribution >= 0.6 is 27.7 Å². The van der Waals surface area contributed by atoms with Gasteiger partial charge >= 0.3 is 0 Å². The minimum Gasteiger partial charge on any atom is -0.399 e. The summed E-state index contributed by atoms with van der Waals surface area (Å²) in [4.78, 5) is 13.3. The molecule has 2 aromatic rings. The summed E-state index contributed by atoms with van der Waals surface area (Å²) in [6.45, 7) is 0. The van der Waals surface area contributed by atoms with Crippen LogP contribution in [0, 0.1) is 0 Å². The number of nitrogens with one attached hydrogen (secondary N) is 1. The number of anilines is 2. The first-order valence-corrected chi connectivity index (χ1v) is 7.62. The summed E-state index contributed by atoms with van der Waals surface area (Å²) >= 11 is 5.01. The van der Waals surface area contributed by atoms with Gasteiger partial charge in [0.25, 0.3) is 5.91 Å². The number of nitrogens with two attached hydrogens (primary N) is 1. The topological polar surface area (TPSA) is 55.1 Å². The number of carbonyl (C=O) groups excluding carboxylic acids is 1. The van der Waals surface area contributed by atoms with Crippen molar-refractivity contribution in [2.75, 3.05) is 17.3 Å². The van der Waals surface area contributed by atoms with Crippen molar-refractivity contribution >= 4 is 45.0 Å². The van der Waals surface area contributed by atoms with Crippen molar-refractivity contribution in [2.45, 2.75) is 4.90 Å². The second-order valence-electron chi connectivity index (χ2n) is 3.92. The predicted octanol–water partition coefficient (Wildman–Crippen LogP) is 4.01. The van der Waals surface area contributed by atoms with Crippen molar-refractivity contribution < 1.29 is 4.79 Å². The molecule has 0 heterocycles. The molecule has 0 aliphatic heterocycles. The van der Waals surface area contributed by atoms with Gasteiger partial charge in [-0.1, -0.05) is 0 Å². The van der Waals surface area contributed by atoms with E-state index in [1.807, 2.05) is 30.5 Å². The third-order valence-electron chi connectivity index (χ3n) is 2.58. The summed E-state index contributed by atoms with van der Waals surface area (Å²) < 4.78 is 0.722. The Bertz CT molecular complexity index is 599. The highest BCUT2D eigenvalue weighted by atomic mass is 79.9. The van der Waals surface area contributed by atoms with Crippen LogP contribution in [0.4, 0.5) is 11.4 Å². The standard InChI is InChI=1S/C14H13BrN2OS/c1-19-11-5-3-10(4-6-11)17-14(18)12-8-9(16)2-7-13(12)15/h2-8H,16H2,1H3,(H,17,18). The molecule has 0 saturated heterocycles. The average molecular weight is 337 g/mol. The highest BCUT2D eigenvalue weighted by Gasteiger charge is 2.10. The molecular formula is C14H13BrN2OS. The molecule has 0 fully saturated rings. The summed E-state index contributed by atoms with van der Waals surface area (Å²) in [6, 6.07) is 12.8. The second-order valence-corrected chi connectivity index (χ2v) is 5.66. The van der Waals surface area contributed by atoms with E-state index in [0.717, 1.165) is 15.1 Å². The molecule has 0 spiro atoms. The number of hydrogen-bond acceptors (Lipinski definition) is 3. The number of halogens is 1. The number of benzene rings is 2. The normalized spacial score (nSPS) is 10.2. The van der Waals surface area contributed by atoms with Gasteiger partial charge in [0.2, 0.25) is 0 Å². The van der Waals surface area contributed by atoms with Gasteiger partial charge in [-0.2, -0.15) is 0 Å². The Hall–Kier alpha value is -1.46. The van der Waals surface area contributed by atoms with Crippen molar-refractivity contribution in [1.29, 1.82) is 0 Å². The highest BCUT2D eigenvalue weighted by Crippen LogP contribution is 2.22. The number of nitrogen functional groups attached to an aromatic ring is 1. The Morgan fingerprint density at radius 3 is 2.53 bits per heavy atom. The van der Waals surface area contributed by atoms with Crippen LogP contribution in [0.25, 0.3) is 0 Å². The van der Waals surface area contributed by atoms with Crippen molar-refractivity contribution in [3.63, 3.8) is 0 Å². The molecule has 0 saturated carbocycles. The molecule has 19 heavy (non-hydrogen) atoms. The van der Waals surface area contributed by atoms with Gasteiger partial charge in [-0.25, -0.2) is 0 Å². The Morgan fingerprint density at radius 1 is 1.21 bits per heavy atom. The lowest BCUT2D eigenvalue weighted by atomic mass is 10.2. The van der Waals surface area contributed by atoms with Gasteiger partial charge in [0.05, 0.1) is 5.56 Å². The van der Waals surface area contributed by atoms with E-state index in [-0.39, 0.29) is 5.91 Å². The van der Waals surface area contributed by atoms with Crippen LogP contribution in [0.5, 0.6) is 0 Å². The minimum absolute atomic E-state index is 0.184. The molecular weight excluding hydrogens is 324 g/mol. The summed E-state index contributed by atoms with van der Waals surface area (Å²) in [7, 11) is 0. The SMILES string of the molecule is CSc1ccc(NC(=O)c2cc(N)ccc2Br)cc1. The number of hydrogen-bond donors (Lipinski definition) is 2. The highest BCUT2D eigenvalue weighted by molar-refractivity contribution is 9.10. The summed E-state index contributed by atoms with van der Waals surface area (Å²) in [5.41, 5.74) is 7.54. The van der Waals surface area contributed by atoms with Crippen molar-refractivity contribution in [3.8, 4) is 0 Å². The van der Waals surface area contributed by atoms with Crippen LogP contribution in [0.15, 0.2) is 51.8 Å². The molecule has 0 aliphatic carbocycles. The van der Waals surface area contributed by atoms with Gasteiger partial charge < -0.3 is 11.1 Å². The molecule has 3 N–H and O–H groups in total. The number of amides is 1. The van der Waals surface area contributed by atoms with E-state index in [1.54, 1.807) is 30.0 Å². The van der Waals surface area contributed by atoms with E-state index in [4.69, 9.17) is 5.73 Å². The molecule has 1 amide bonds. The summed E-state index contributed by atoms with van der Waals surface area (Å²) in [6.07, 6.45) is 2.01. The Morgan fingerprint density at radius 2 is 1.89 bits per heavy atom. The van der Waals surface area contributed by atoms with Crippen molar-refractivity contribution in [1.82, 2.24) is 0 Å². The number of carbonyl (C=O) groups is 1. The van der Waals surface area contributed by atoms with E-state index in [2.05, 4.69) is 21.2 Å². The van der Waals surface area contributed by atoms with E-state index >= 15 is 0 Å². The summed E-state index contributed by atoms with van der Waals surface area (Å²) in [5, 5.41) is 2.84. The van der Waals surface area contributed by atoms with Gasteiger partial charge in [-0.3, -0.25) is 4.79 Å². The third kappa shape index (κ3) is 3.52. The van der Waals surface area contributed by atoms with Crippen LogP contribution in [0.3, 0.4) is 0 Å². The molecule has 5 heteroatoms. The van der Waals surface area contributed by atoms with Crippen LogP contribution in [0.1, 0.15) is 10.4 Å². The predicted molar refractivity (Wildman–Crippen MR) is 84.7 cm³/mol. The van der Waals surface area contributed by atoms with E-state index in [9.17, 15) is 4.79 Å². The fraction of sp³-hybridized carbons (Fsp3) is 0.0714. The molecule has 0 unspecified atom stereocenters. The lowest BCUT2D eigenvalue weighted by Crippen LogP contribution is -2.12. The molecule has 0 aromatic heterocycles. The smallest absolute Gasteiger partial charge is 0.256 e. The van der Waals surface area contributed by atoms with E-state index in [1.165, 1.54) is 0 Å². The lowest BCUT2D eigenvalue weighted by Gasteiger charge is -2.08. The Kier molecular flexibility index (Phi) is 4.50. The zero-order valence-electron chi connectivity index (χ0n) is 10.3. The molecule has 0 atom stereocenters. The van der Waals surface area contributed by atoms with Crippen LogP contribution < -0.4 is 11.1 Å². The van der Waals surface area contributed by atoms with Crippen LogP contribution in [0.2, 0.25) is 0 Å².